The molecule has 2 aliphatic rings. The second kappa shape index (κ2) is 5.26. The molecule has 0 radical (unpaired) electrons. The van der Waals surface area contributed by atoms with Crippen LogP contribution in [0.5, 0.6) is 0 Å². The molecule has 0 aromatic heterocycles. The minimum atomic E-state index is -0.969. The van der Waals surface area contributed by atoms with Crippen molar-refractivity contribution < 1.29 is 8.78 Å². The van der Waals surface area contributed by atoms with Gasteiger partial charge in [-0.3, -0.25) is 4.90 Å². The second-order valence-corrected chi connectivity index (χ2v) is 5.88. The fourth-order valence-electron chi connectivity index (χ4n) is 3.30. The number of benzene rings is 1. The Balaban J connectivity index is 1.81. The molecule has 2 unspecified atom stereocenters. The maximum atomic E-state index is 14.1. The van der Waals surface area contributed by atoms with Gasteiger partial charge in [0.05, 0.1) is 5.69 Å². The largest absolute Gasteiger partial charge is 0.389 e. The van der Waals surface area contributed by atoms with E-state index in [9.17, 15) is 8.78 Å². The fourth-order valence-corrected chi connectivity index (χ4v) is 3.46. The number of anilines is 1. The smallest absolute Gasteiger partial charge is 0.182 e. The van der Waals surface area contributed by atoms with Crippen LogP contribution < -0.4 is 11.1 Å². The zero-order chi connectivity index (χ0) is 14.3. The van der Waals surface area contributed by atoms with Gasteiger partial charge >= 0.3 is 0 Å². The first-order valence-corrected chi connectivity index (χ1v) is 7.27. The molecule has 20 heavy (non-hydrogen) atoms. The Morgan fingerprint density at radius 2 is 2.05 bits per heavy atom. The quantitative estimate of drug-likeness (QED) is 0.840. The van der Waals surface area contributed by atoms with Crippen molar-refractivity contribution in [1.29, 1.82) is 0 Å². The van der Waals surface area contributed by atoms with E-state index in [0.29, 0.717) is 6.04 Å². The third kappa shape index (κ3) is 2.27. The molecule has 1 aromatic rings. The van der Waals surface area contributed by atoms with E-state index in [4.69, 9.17) is 18.0 Å². The molecule has 2 heterocycles. The van der Waals surface area contributed by atoms with Gasteiger partial charge < -0.3 is 11.1 Å². The number of rotatable bonds is 3. The molecular weight excluding hydrogens is 280 g/mol. The first kappa shape index (κ1) is 13.7. The molecule has 0 aliphatic carbocycles. The predicted octanol–water partition coefficient (Wildman–Crippen LogP) is 2.25. The van der Waals surface area contributed by atoms with E-state index in [1.54, 1.807) is 0 Å². The molecule has 2 aliphatic heterocycles. The molecule has 0 saturated carbocycles. The van der Waals surface area contributed by atoms with Gasteiger partial charge in [0.15, 0.2) is 11.6 Å². The van der Waals surface area contributed by atoms with E-state index in [1.807, 2.05) is 0 Å². The summed E-state index contributed by atoms with van der Waals surface area (Å²) in [5.41, 5.74) is 5.52. The van der Waals surface area contributed by atoms with Crippen molar-refractivity contribution in [2.24, 2.45) is 5.73 Å². The number of nitrogens with zero attached hydrogens (tertiary/aromatic N) is 1. The molecule has 2 atom stereocenters. The van der Waals surface area contributed by atoms with Gasteiger partial charge in [-0.05, 0) is 37.9 Å². The second-order valence-electron chi connectivity index (χ2n) is 5.44. The van der Waals surface area contributed by atoms with E-state index in [-0.39, 0.29) is 22.3 Å². The number of halogens is 2. The lowest BCUT2D eigenvalue weighted by Gasteiger charge is -2.22. The molecule has 0 amide bonds. The fraction of sp³-hybridized carbons (Fsp3) is 0.500. The van der Waals surface area contributed by atoms with Crippen molar-refractivity contribution in [2.45, 2.75) is 31.3 Å². The summed E-state index contributed by atoms with van der Waals surface area (Å²) >= 11 is 4.70. The molecular formula is C14H17F2N3S. The lowest BCUT2D eigenvalue weighted by molar-refractivity contribution is 0.318. The number of thiocarbonyl (C=S) groups is 1. The van der Waals surface area contributed by atoms with Crippen LogP contribution in [0.25, 0.3) is 0 Å². The first-order valence-electron chi connectivity index (χ1n) is 6.86. The van der Waals surface area contributed by atoms with Crippen LogP contribution in [0.2, 0.25) is 0 Å². The number of fused-ring (bicyclic) bond motifs is 1. The van der Waals surface area contributed by atoms with E-state index in [2.05, 4.69) is 10.2 Å². The third-order valence-corrected chi connectivity index (χ3v) is 4.51. The summed E-state index contributed by atoms with van der Waals surface area (Å²) in [6.45, 7) is 2.14. The molecule has 3 N–H and O–H groups in total. The molecule has 3 rings (SSSR count). The normalized spacial score (nSPS) is 25.7. The topological polar surface area (TPSA) is 41.3 Å². The van der Waals surface area contributed by atoms with Crippen LogP contribution in [0.1, 0.15) is 24.8 Å². The zero-order valence-electron chi connectivity index (χ0n) is 11.0. The summed E-state index contributed by atoms with van der Waals surface area (Å²) in [5, 5.41) is 3.15. The van der Waals surface area contributed by atoms with E-state index in [1.165, 1.54) is 18.6 Å². The average Bonchev–Trinajstić information content (AvgIpc) is 2.99. The highest BCUT2D eigenvalue weighted by Crippen LogP contribution is 2.31. The maximum Gasteiger partial charge on any atom is 0.182 e. The van der Waals surface area contributed by atoms with Crippen LogP contribution in [0.4, 0.5) is 14.5 Å². The highest BCUT2D eigenvalue weighted by molar-refractivity contribution is 7.80. The van der Waals surface area contributed by atoms with Gasteiger partial charge in [0.1, 0.15) is 4.99 Å². The summed E-state index contributed by atoms with van der Waals surface area (Å²) in [6, 6.07) is 3.57. The van der Waals surface area contributed by atoms with Gasteiger partial charge in [0.25, 0.3) is 0 Å². The van der Waals surface area contributed by atoms with Crippen LogP contribution in [-0.2, 0) is 0 Å². The Kier molecular flexibility index (Phi) is 3.60. The summed E-state index contributed by atoms with van der Waals surface area (Å²) in [6.07, 6.45) is 3.26. The molecule has 0 spiro atoms. The Morgan fingerprint density at radius 3 is 2.80 bits per heavy atom. The third-order valence-electron chi connectivity index (χ3n) is 4.29. The predicted molar refractivity (Wildman–Crippen MR) is 78.9 cm³/mol. The van der Waals surface area contributed by atoms with Crippen LogP contribution in [0.3, 0.4) is 0 Å². The van der Waals surface area contributed by atoms with Crippen LogP contribution >= 0.6 is 12.2 Å². The number of nitrogens with one attached hydrogen (secondary N) is 1. The Hall–Kier alpha value is -1.27. The Labute approximate surface area is 122 Å². The first-order chi connectivity index (χ1) is 9.58. The van der Waals surface area contributed by atoms with Gasteiger partial charge in [-0.25, -0.2) is 8.78 Å². The van der Waals surface area contributed by atoms with E-state index in [0.717, 1.165) is 25.9 Å². The standard InChI is InChI=1S/C14H17F2N3S/c15-12-8(14(17)20)3-4-10(13(12)16)18-9-5-7-19-6-1-2-11(9)19/h3-4,9,11,18H,1-2,5-7H2,(H2,17,20). The lowest BCUT2D eigenvalue weighted by atomic mass is 10.1. The molecule has 108 valence electrons. The highest BCUT2D eigenvalue weighted by atomic mass is 32.1. The molecule has 3 nitrogen and oxygen atoms in total. The molecule has 0 bridgehead atoms. The number of hydrogen-bond acceptors (Lipinski definition) is 3. The lowest BCUT2D eigenvalue weighted by Crippen LogP contribution is -2.34. The zero-order valence-corrected chi connectivity index (χ0v) is 11.9. The van der Waals surface area contributed by atoms with Crippen molar-refractivity contribution >= 4 is 22.9 Å². The summed E-state index contributed by atoms with van der Waals surface area (Å²) in [7, 11) is 0. The SMILES string of the molecule is NC(=S)c1ccc(NC2CCN3CCCC23)c(F)c1F. The van der Waals surface area contributed by atoms with Crippen molar-refractivity contribution in [1.82, 2.24) is 4.90 Å². The average molecular weight is 297 g/mol. The van der Waals surface area contributed by atoms with Crippen molar-refractivity contribution in [3.05, 3.63) is 29.3 Å². The summed E-state index contributed by atoms with van der Waals surface area (Å²) in [4.78, 5) is 2.28. The van der Waals surface area contributed by atoms with Crippen molar-refractivity contribution in [3.8, 4) is 0 Å². The van der Waals surface area contributed by atoms with E-state index < -0.39 is 11.6 Å². The van der Waals surface area contributed by atoms with Gasteiger partial charge in [0, 0.05) is 24.2 Å². The van der Waals surface area contributed by atoms with Crippen molar-refractivity contribution in [3.63, 3.8) is 0 Å². The van der Waals surface area contributed by atoms with Gasteiger partial charge in [-0.15, -0.1) is 0 Å². The van der Waals surface area contributed by atoms with Gasteiger partial charge in [0.2, 0.25) is 0 Å². The monoisotopic (exact) mass is 297 g/mol. The molecule has 1 aromatic carbocycles. The van der Waals surface area contributed by atoms with Crippen LogP contribution in [-0.4, -0.2) is 35.1 Å². The molecule has 2 fully saturated rings. The molecule has 6 heteroatoms. The summed E-state index contributed by atoms with van der Waals surface area (Å²) in [5.74, 6) is -1.87. The minimum Gasteiger partial charge on any atom is -0.389 e. The van der Waals surface area contributed by atoms with E-state index >= 15 is 0 Å². The van der Waals surface area contributed by atoms with Crippen LogP contribution in [0, 0.1) is 11.6 Å². The maximum absolute atomic E-state index is 14.1. The van der Waals surface area contributed by atoms with Crippen molar-refractivity contribution in [2.75, 3.05) is 18.4 Å². The Bertz CT molecular complexity index is 549. The Morgan fingerprint density at radius 1 is 1.25 bits per heavy atom. The minimum absolute atomic E-state index is 0.0445. The molecule has 2 saturated heterocycles. The highest BCUT2D eigenvalue weighted by Gasteiger charge is 2.37. The number of hydrogen-bond donors (Lipinski definition) is 2. The summed E-state index contributed by atoms with van der Waals surface area (Å²) < 4.78 is 27.9. The number of nitrogens with two attached hydrogens (primary N) is 1. The van der Waals surface area contributed by atoms with Gasteiger partial charge in [-0.2, -0.15) is 0 Å². The van der Waals surface area contributed by atoms with Crippen LogP contribution in [0.15, 0.2) is 12.1 Å². The van der Waals surface area contributed by atoms with Gasteiger partial charge in [-0.1, -0.05) is 12.2 Å².